The van der Waals surface area contributed by atoms with Crippen LogP contribution in [0.25, 0.3) is 11.0 Å². The highest BCUT2D eigenvalue weighted by Gasteiger charge is 2.39. The first-order chi connectivity index (χ1) is 10.1. The maximum absolute atomic E-state index is 4.86. The number of hydrogen-bond donors (Lipinski definition) is 1. The monoisotopic (exact) mass is 285 g/mol. The molecule has 0 amide bonds. The summed E-state index contributed by atoms with van der Waals surface area (Å²) in [5, 5.41) is 3.60. The van der Waals surface area contributed by atoms with Gasteiger partial charge in [0.1, 0.15) is 5.82 Å². The highest BCUT2D eigenvalue weighted by Crippen LogP contribution is 2.42. The Kier molecular flexibility index (Phi) is 3.78. The van der Waals surface area contributed by atoms with Crippen LogP contribution in [0.5, 0.6) is 0 Å². The highest BCUT2D eigenvalue weighted by atomic mass is 15.1. The van der Waals surface area contributed by atoms with E-state index in [2.05, 4.69) is 62.0 Å². The van der Waals surface area contributed by atoms with Crippen molar-refractivity contribution in [2.45, 2.75) is 58.5 Å². The third-order valence-corrected chi connectivity index (χ3v) is 5.18. The Morgan fingerprint density at radius 3 is 2.81 bits per heavy atom. The second-order valence-corrected chi connectivity index (χ2v) is 6.95. The Morgan fingerprint density at radius 2 is 2.10 bits per heavy atom. The Bertz CT molecular complexity index is 626. The van der Waals surface area contributed by atoms with Crippen molar-refractivity contribution in [1.82, 2.24) is 14.9 Å². The summed E-state index contributed by atoms with van der Waals surface area (Å²) in [5.74, 6) is 1.22. The molecule has 2 atom stereocenters. The van der Waals surface area contributed by atoms with Gasteiger partial charge in [-0.3, -0.25) is 0 Å². The smallest absolute Gasteiger partial charge is 0.109 e. The molecule has 1 aromatic carbocycles. The fourth-order valence-corrected chi connectivity index (χ4v) is 4.18. The number of nitrogens with one attached hydrogen (secondary N) is 1. The molecular formula is C18H27N3. The second-order valence-electron chi connectivity index (χ2n) is 6.95. The lowest BCUT2D eigenvalue weighted by atomic mass is 9.70. The van der Waals surface area contributed by atoms with Crippen molar-refractivity contribution < 1.29 is 0 Å². The van der Waals surface area contributed by atoms with Crippen molar-refractivity contribution in [3.05, 3.63) is 30.1 Å². The summed E-state index contributed by atoms with van der Waals surface area (Å²) in [6.45, 7) is 7.00. The summed E-state index contributed by atoms with van der Waals surface area (Å²) in [6.07, 6.45) is 4.82. The van der Waals surface area contributed by atoms with Gasteiger partial charge in [0, 0.05) is 12.5 Å². The van der Waals surface area contributed by atoms with E-state index in [1.807, 2.05) is 0 Å². The molecule has 0 radical (unpaired) electrons. The minimum atomic E-state index is 0.327. The van der Waals surface area contributed by atoms with Crippen LogP contribution < -0.4 is 5.32 Å². The summed E-state index contributed by atoms with van der Waals surface area (Å²) in [6, 6.07) is 9.56. The number of fused-ring (bicyclic) bond motifs is 1. The molecule has 1 N–H and O–H groups in total. The molecule has 1 aliphatic rings. The third-order valence-electron chi connectivity index (χ3n) is 5.18. The first-order valence-corrected chi connectivity index (χ1v) is 8.21. The summed E-state index contributed by atoms with van der Waals surface area (Å²) >= 11 is 0. The minimum Gasteiger partial charge on any atom is -0.323 e. The van der Waals surface area contributed by atoms with Crippen molar-refractivity contribution in [3.8, 4) is 0 Å². The highest BCUT2D eigenvalue weighted by molar-refractivity contribution is 5.76. The van der Waals surface area contributed by atoms with Crippen molar-refractivity contribution in [1.29, 1.82) is 0 Å². The number of hydrogen-bond acceptors (Lipinski definition) is 2. The molecule has 114 valence electrons. The van der Waals surface area contributed by atoms with Crippen molar-refractivity contribution in [2.75, 3.05) is 7.05 Å². The molecule has 1 saturated carbocycles. The van der Waals surface area contributed by atoms with Gasteiger partial charge < -0.3 is 9.88 Å². The van der Waals surface area contributed by atoms with Crippen molar-refractivity contribution >= 4 is 11.0 Å². The lowest BCUT2D eigenvalue weighted by molar-refractivity contribution is 0.120. The molecule has 2 aromatic rings. The Morgan fingerprint density at radius 1 is 1.33 bits per heavy atom. The zero-order valence-electron chi connectivity index (χ0n) is 13.7. The summed E-state index contributed by atoms with van der Waals surface area (Å²) in [7, 11) is 2.11. The molecule has 1 fully saturated rings. The van der Waals surface area contributed by atoms with Crippen LogP contribution in [-0.4, -0.2) is 22.6 Å². The first-order valence-electron chi connectivity index (χ1n) is 8.21. The van der Waals surface area contributed by atoms with E-state index in [0.717, 1.165) is 11.9 Å². The predicted octanol–water partition coefficient (Wildman–Crippen LogP) is 3.94. The average Bonchev–Trinajstić information content (AvgIpc) is 2.84. The molecule has 0 spiro atoms. The minimum absolute atomic E-state index is 0.327. The molecular weight excluding hydrogens is 258 g/mol. The second kappa shape index (κ2) is 5.45. The third kappa shape index (κ3) is 2.38. The Hall–Kier alpha value is -1.35. The van der Waals surface area contributed by atoms with E-state index in [4.69, 9.17) is 4.98 Å². The fraction of sp³-hybridized carbons (Fsp3) is 0.611. The SMILES string of the molecule is CCc1nc2ccccc2n1C1CCCC(C)(C)C1NC. The standard InChI is InChI=1S/C18H27N3/c1-5-16-20-13-9-6-7-10-14(13)21(16)15-11-8-12-18(2,3)17(15)19-4/h6-7,9-10,15,17,19H,5,8,11-12H2,1-4H3. The lowest BCUT2D eigenvalue weighted by Crippen LogP contribution is -2.49. The Balaban J connectivity index is 2.14. The van der Waals surface area contributed by atoms with Crippen LogP contribution in [0, 0.1) is 5.41 Å². The van der Waals surface area contributed by atoms with E-state index in [9.17, 15) is 0 Å². The van der Waals surface area contributed by atoms with Gasteiger partial charge in [-0.15, -0.1) is 0 Å². The van der Waals surface area contributed by atoms with Gasteiger partial charge in [-0.05, 0) is 37.4 Å². The summed E-state index contributed by atoms with van der Waals surface area (Å²) in [5.41, 5.74) is 2.75. The number of nitrogens with zero attached hydrogens (tertiary/aromatic N) is 2. The van der Waals surface area contributed by atoms with Gasteiger partial charge in [-0.2, -0.15) is 0 Å². The number of likely N-dealkylation sites (N-methyl/N-ethyl adjacent to an activating group) is 1. The molecule has 2 unspecified atom stereocenters. The van der Waals surface area contributed by atoms with E-state index in [-0.39, 0.29) is 0 Å². The van der Waals surface area contributed by atoms with Crippen LogP contribution in [0.3, 0.4) is 0 Å². The maximum Gasteiger partial charge on any atom is 0.109 e. The predicted molar refractivity (Wildman–Crippen MR) is 88.6 cm³/mol. The number of aryl methyl sites for hydroxylation is 1. The molecule has 1 aromatic heterocycles. The van der Waals surface area contributed by atoms with E-state index in [1.54, 1.807) is 0 Å². The first kappa shape index (κ1) is 14.6. The van der Waals surface area contributed by atoms with E-state index in [0.29, 0.717) is 17.5 Å². The molecule has 0 bridgehead atoms. The number of benzene rings is 1. The quantitative estimate of drug-likeness (QED) is 0.925. The number of aromatic nitrogens is 2. The molecule has 1 heterocycles. The van der Waals surface area contributed by atoms with Crippen LogP contribution in [0.1, 0.15) is 51.9 Å². The summed E-state index contributed by atoms with van der Waals surface area (Å²) in [4.78, 5) is 4.86. The Labute approximate surface area is 127 Å². The van der Waals surface area contributed by atoms with Crippen molar-refractivity contribution in [3.63, 3.8) is 0 Å². The molecule has 1 aliphatic carbocycles. The van der Waals surface area contributed by atoms with E-state index in [1.165, 1.54) is 30.6 Å². The van der Waals surface area contributed by atoms with Gasteiger partial charge in [0.15, 0.2) is 0 Å². The number of imidazole rings is 1. The fourth-order valence-electron chi connectivity index (χ4n) is 4.18. The topological polar surface area (TPSA) is 29.9 Å². The van der Waals surface area contributed by atoms with Crippen LogP contribution in [0.2, 0.25) is 0 Å². The normalized spacial score (nSPS) is 25.3. The maximum atomic E-state index is 4.86. The van der Waals surface area contributed by atoms with Crippen LogP contribution >= 0.6 is 0 Å². The molecule has 21 heavy (non-hydrogen) atoms. The lowest BCUT2D eigenvalue weighted by Gasteiger charge is -2.45. The zero-order chi connectivity index (χ0) is 15.0. The number of rotatable bonds is 3. The van der Waals surface area contributed by atoms with Gasteiger partial charge >= 0.3 is 0 Å². The van der Waals surface area contributed by atoms with Crippen LogP contribution in [-0.2, 0) is 6.42 Å². The van der Waals surface area contributed by atoms with Crippen LogP contribution in [0.4, 0.5) is 0 Å². The molecule has 0 aliphatic heterocycles. The van der Waals surface area contributed by atoms with Crippen molar-refractivity contribution in [2.24, 2.45) is 5.41 Å². The van der Waals surface area contributed by atoms with Gasteiger partial charge in [0.25, 0.3) is 0 Å². The number of para-hydroxylation sites is 2. The van der Waals surface area contributed by atoms with E-state index >= 15 is 0 Å². The van der Waals surface area contributed by atoms with Gasteiger partial charge in [-0.25, -0.2) is 4.98 Å². The van der Waals surface area contributed by atoms with Gasteiger partial charge in [0.05, 0.1) is 17.1 Å². The molecule has 3 heteroatoms. The average molecular weight is 285 g/mol. The zero-order valence-corrected chi connectivity index (χ0v) is 13.7. The largest absolute Gasteiger partial charge is 0.323 e. The van der Waals surface area contributed by atoms with E-state index < -0.39 is 0 Å². The molecule has 0 saturated heterocycles. The molecule has 3 nitrogen and oxygen atoms in total. The molecule has 3 rings (SSSR count). The van der Waals surface area contributed by atoms with Crippen LogP contribution in [0.15, 0.2) is 24.3 Å². The summed E-state index contributed by atoms with van der Waals surface area (Å²) < 4.78 is 2.51. The van der Waals surface area contributed by atoms with Gasteiger partial charge in [-0.1, -0.05) is 39.3 Å². The van der Waals surface area contributed by atoms with Gasteiger partial charge in [0.2, 0.25) is 0 Å².